The van der Waals surface area contributed by atoms with Crippen LogP contribution in [0.2, 0.25) is 0 Å². The molecule has 2 fully saturated rings. The van der Waals surface area contributed by atoms with E-state index in [1.807, 2.05) is 11.8 Å². The molecule has 3 rings (SSSR count). The molecule has 0 radical (unpaired) electrons. The van der Waals surface area contributed by atoms with Gasteiger partial charge in [0.05, 0.1) is 13.2 Å². The Bertz CT molecular complexity index is 740. The largest absolute Gasteiger partial charge is 0.380 e. The van der Waals surface area contributed by atoms with Crippen LogP contribution in [-0.4, -0.2) is 49.6 Å². The molecule has 0 bridgehead atoms. The maximum Gasteiger partial charge on any atom is 0.225 e. The number of hydrogen-bond donors (Lipinski definition) is 2. The van der Waals surface area contributed by atoms with Crippen LogP contribution in [0.4, 0.5) is 4.39 Å². The first kappa shape index (κ1) is 25.8. The van der Waals surface area contributed by atoms with Crippen molar-refractivity contribution in [2.45, 2.75) is 64.6 Å². The number of carbonyl (C=O) groups is 1. The molecule has 0 aromatic heterocycles. The summed E-state index contributed by atoms with van der Waals surface area (Å²) in [7, 11) is 1.56. The number of guanidine groups is 1. The average Bonchev–Trinajstić information content (AvgIpc) is 3.23. The third kappa shape index (κ3) is 7.59. The second kappa shape index (κ2) is 13.2. The number of hydrogen-bond acceptors (Lipinski definition) is 3. The van der Waals surface area contributed by atoms with E-state index in [-0.39, 0.29) is 48.4 Å². The lowest BCUT2D eigenvalue weighted by Crippen LogP contribution is -2.45. The van der Waals surface area contributed by atoms with Gasteiger partial charge in [-0.15, -0.1) is 24.0 Å². The molecule has 1 heterocycles. The monoisotopic (exact) mass is 546 g/mol. The molecule has 1 saturated carbocycles. The normalized spacial score (nSPS) is 19.8. The minimum Gasteiger partial charge on any atom is -0.380 e. The molecule has 2 aliphatic rings. The van der Waals surface area contributed by atoms with E-state index in [0.717, 1.165) is 50.4 Å². The Morgan fingerprint density at radius 1 is 1.26 bits per heavy atom. The Morgan fingerprint density at radius 2 is 2.03 bits per heavy atom. The molecule has 1 unspecified atom stereocenters. The van der Waals surface area contributed by atoms with Gasteiger partial charge in [-0.3, -0.25) is 4.79 Å². The van der Waals surface area contributed by atoms with E-state index >= 15 is 0 Å². The Kier molecular flexibility index (Phi) is 11.0. The van der Waals surface area contributed by atoms with Gasteiger partial charge in [0.2, 0.25) is 5.91 Å². The minimum atomic E-state index is -0.261. The molecular weight excluding hydrogens is 510 g/mol. The van der Waals surface area contributed by atoms with E-state index in [1.165, 1.54) is 25.3 Å². The number of nitrogens with zero attached hydrogens (tertiary/aromatic N) is 2. The molecule has 8 heteroatoms. The van der Waals surface area contributed by atoms with Crippen molar-refractivity contribution in [1.29, 1.82) is 0 Å². The number of benzene rings is 1. The number of methoxy groups -OCH3 is 1. The summed E-state index contributed by atoms with van der Waals surface area (Å²) in [6.07, 6.45) is 6.63. The maximum absolute atomic E-state index is 13.8. The van der Waals surface area contributed by atoms with Gasteiger partial charge in [-0.1, -0.05) is 25.3 Å². The van der Waals surface area contributed by atoms with Crippen LogP contribution >= 0.6 is 24.0 Å². The zero-order valence-corrected chi connectivity index (χ0v) is 21.0. The summed E-state index contributed by atoms with van der Waals surface area (Å²) in [4.78, 5) is 19.5. The van der Waals surface area contributed by atoms with Crippen molar-refractivity contribution >= 4 is 35.8 Å². The highest BCUT2D eigenvalue weighted by Crippen LogP contribution is 2.26. The predicted octanol–water partition coefficient (Wildman–Crippen LogP) is 3.83. The van der Waals surface area contributed by atoms with Gasteiger partial charge in [-0.25, -0.2) is 9.38 Å². The fourth-order valence-corrected chi connectivity index (χ4v) is 4.36. The molecule has 1 atom stereocenters. The molecule has 1 aliphatic heterocycles. The zero-order chi connectivity index (χ0) is 21.3. The van der Waals surface area contributed by atoms with Crippen LogP contribution in [0.15, 0.2) is 23.2 Å². The summed E-state index contributed by atoms with van der Waals surface area (Å²) < 4.78 is 18.9. The molecule has 1 aliphatic carbocycles. The van der Waals surface area contributed by atoms with Crippen molar-refractivity contribution in [2.24, 2.45) is 10.9 Å². The van der Waals surface area contributed by atoms with Crippen molar-refractivity contribution in [3.05, 3.63) is 35.1 Å². The van der Waals surface area contributed by atoms with Crippen molar-refractivity contribution in [3.63, 3.8) is 0 Å². The number of amides is 1. The van der Waals surface area contributed by atoms with Crippen molar-refractivity contribution in [1.82, 2.24) is 15.5 Å². The Hall–Kier alpha value is -1.42. The first-order chi connectivity index (χ1) is 14.6. The summed E-state index contributed by atoms with van der Waals surface area (Å²) in [5, 5.41) is 6.75. The highest BCUT2D eigenvalue weighted by atomic mass is 127. The van der Waals surface area contributed by atoms with Gasteiger partial charge in [0, 0.05) is 44.3 Å². The van der Waals surface area contributed by atoms with Crippen LogP contribution in [0.1, 0.15) is 56.6 Å². The Morgan fingerprint density at radius 3 is 2.74 bits per heavy atom. The van der Waals surface area contributed by atoms with Gasteiger partial charge >= 0.3 is 0 Å². The van der Waals surface area contributed by atoms with Crippen molar-refractivity contribution in [2.75, 3.05) is 26.7 Å². The highest BCUT2D eigenvalue weighted by Gasteiger charge is 2.31. The molecule has 31 heavy (non-hydrogen) atoms. The quantitative estimate of drug-likeness (QED) is 0.310. The van der Waals surface area contributed by atoms with E-state index < -0.39 is 0 Å². The minimum absolute atomic E-state index is 0. The number of nitrogens with one attached hydrogen (secondary N) is 2. The molecule has 6 nitrogen and oxygen atoms in total. The summed E-state index contributed by atoms with van der Waals surface area (Å²) in [5.74, 6) is 1.02. The van der Waals surface area contributed by atoms with Gasteiger partial charge in [0.1, 0.15) is 5.82 Å². The third-order valence-corrected chi connectivity index (χ3v) is 5.97. The lowest BCUT2D eigenvalue weighted by atomic mass is 9.88. The van der Waals surface area contributed by atoms with Crippen molar-refractivity contribution < 1.29 is 13.9 Å². The van der Waals surface area contributed by atoms with E-state index in [4.69, 9.17) is 4.74 Å². The fourth-order valence-electron chi connectivity index (χ4n) is 4.36. The molecule has 0 spiro atoms. The van der Waals surface area contributed by atoms with Gasteiger partial charge in [-0.05, 0) is 43.9 Å². The standard InChI is InChI=1S/C23H35FN4O2.HI/c1-3-25-23(26-14-17-9-10-21(24)19(13-17)16-30-2)27-20-11-12-28(15-20)22(29)18-7-5-4-6-8-18;/h9-10,13,18,20H,3-8,11-12,14-16H2,1-2H3,(H2,25,26,27);1H. The number of ether oxygens (including phenoxy) is 1. The van der Waals surface area contributed by atoms with Crippen LogP contribution in [0.3, 0.4) is 0 Å². The van der Waals surface area contributed by atoms with Gasteiger partial charge in [-0.2, -0.15) is 0 Å². The van der Waals surface area contributed by atoms with Crippen LogP contribution < -0.4 is 10.6 Å². The first-order valence-electron chi connectivity index (χ1n) is 11.2. The number of carbonyl (C=O) groups excluding carboxylic acids is 1. The predicted molar refractivity (Wildman–Crippen MR) is 132 cm³/mol. The van der Waals surface area contributed by atoms with Gasteiger partial charge < -0.3 is 20.3 Å². The Labute approximate surface area is 202 Å². The van der Waals surface area contributed by atoms with E-state index in [2.05, 4.69) is 15.6 Å². The number of aliphatic imine (C=N–C) groups is 1. The van der Waals surface area contributed by atoms with Crippen molar-refractivity contribution in [3.8, 4) is 0 Å². The SMILES string of the molecule is CCNC(=NCc1ccc(F)c(COC)c1)NC1CCN(C(=O)C2CCCCC2)C1.I. The van der Waals surface area contributed by atoms with Crippen LogP contribution in [0, 0.1) is 11.7 Å². The van der Waals surface area contributed by atoms with Gasteiger partial charge in [0.25, 0.3) is 0 Å². The van der Waals surface area contributed by atoms with E-state index in [0.29, 0.717) is 18.0 Å². The molecule has 1 aromatic rings. The lowest BCUT2D eigenvalue weighted by Gasteiger charge is -2.26. The number of likely N-dealkylation sites (tertiary alicyclic amines) is 1. The topological polar surface area (TPSA) is 66.0 Å². The zero-order valence-electron chi connectivity index (χ0n) is 18.7. The highest BCUT2D eigenvalue weighted by molar-refractivity contribution is 14.0. The van der Waals surface area contributed by atoms with Crippen LogP contribution in [0.5, 0.6) is 0 Å². The molecular formula is C23H36FIN4O2. The molecule has 1 amide bonds. The smallest absolute Gasteiger partial charge is 0.225 e. The second-order valence-electron chi connectivity index (χ2n) is 8.30. The summed E-state index contributed by atoms with van der Waals surface area (Å²) in [6.45, 7) is 5.01. The van der Waals surface area contributed by atoms with Gasteiger partial charge in [0.15, 0.2) is 5.96 Å². The first-order valence-corrected chi connectivity index (χ1v) is 11.2. The van der Waals surface area contributed by atoms with Crippen LogP contribution in [-0.2, 0) is 22.7 Å². The molecule has 1 saturated heterocycles. The van der Waals surface area contributed by atoms with Crippen LogP contribution in [0.25, 0.3) is 0 Å². The number of halogens is 2. The molecule has 174 valence electrons. The summed E-state index contributed by atoms with van der Waals surface area (Å²) in [5.41, 5.74) is 1.47. The van der Waals surface area contributed by atoms with E-state index in [1.54, 1.807) is 19.2 Å². The fraction of sp³-hybridized carbons (Fsp3) is 0.652. The maximum atomic E-state index is 13.8. The summed E-state index contributed by atoms with van der Waals surface area (Å²) >= 11 is 0. The summed E-state index contributed by atoms with van der Waals surface area (Å²) in [6, 6.07) is 5.21. The van der Waals surface area contributed by atoms with E-state index in [9.17, 15) is 9.18 Å². The third-order valence-electron chi connectivity index (χ3n) is 5.97. The lowest BCUT2D eigenvalue weighted by molar-refractivity contribution is -0.135. The number of rotatable bonds is 7. The molecule has 2 N–H and O–H groups in total. The average molecular weight is 546 g/mol. The second-order valence-corrected chi connectivity index (χ2v) is 8.30. The molecule has 1 aromatic carbocycles. The Balaban J connectivity index is 0.00000341.